The number of hydrogen-bond acceptors (Lipinski definition) is 0. The highest BCUT2D eigenvalue weighted by atomic mass is 14.4. The summed E-state index contributed by atoms with van der Waals surface area (Å²) in [5.41, 5.74) is 11.6. The molecule has 7 rings (SSSR count). The highest BCUT2D eigenvalue weighted by Gasteiger charge is 2.37. The van der Waals surface area contributed by atoms with Crippen LogP contribution in [0.2, 0.25) is 0 Å². The van der Waals surface area contributed by atoms with Gasteiger partial charge in [0.2, 0.25) is 0 Å². The third-order valence-electron chi connectivity index (χ3n) is 7.46. The van der Waals surface area contributed by atoms with Crippen molar-refractivity contribution in [1.29, 1.82) is 0 Å². The van der Waals surface area contributed by atoms with Crippen LogP contribution in [-0.4, -0.2) is 0 Å². The Morgan fingerprint density at radius 3 is 2.07 bits per heavy atom. The summed E-state index contributed by atoms with van der Waals surface area (Å²) in [6.07, 6.45) is 1.04. The number of rotatable bonds is 0. The molecule has 0 heteroatoms. The molecule has 0 fully saturated rings. The fourth-order valence-corrected chi connectivity index (χ4v) is 5.88. The van der Waals surface area contributed by atoms with Crippen molar-refractivity contribution in [3.63, 3.8) is 0 Å². The first-order chi connectivity index (χ1) is 14.6. The van der Waals surface area contributed by atoms with Gasteiger partial charge in [0.15, 0.2) is 0 Å². The molecule has 0 saturated carbocycles. The number of hydrogen-bond donors (Lipinski definition) is 0. The molecule has 5 aromatic rings. The Balaban J connectivity index is 1.52. The van der Waals surface area contributed by atoms with Crippen molar-refractivity contribution in [2.24, 2.45) is 0 Å². The van der Waals surface area contributed by atoms with Gasteiger partial charge in [-0.05, 0) is 90.7 Å². The van der Waals surface area contributed by atoms with Crippen molar-refractivity contribution in [1.82, 2.24) is 0 Å². The van der Waals surface area contributed by atoms with Gasteiger partial charge in [-0.25, -0.2) is 0 Å². The third kappa shape index (κ3) is 1.96. The van der Waals surface area contributed by atoms with E-state index in [2.05, 4.69) is 98.8 Å². The van der Waals surface area contributed by atoms with Crippen molar-refractivity contribution in [3.8, 4) is 22.3 Å². The largest absolute Gasteiger partial charge is 0.0616 e. The predicted octanol–water partition coefficient (Wildman–Crippen LogP) is 7.87. The summed E-state index contributed by atoms with van der Waals surface area (Å²) in [6, 6.07) is 32.0. The van der Waals surface area contributed by atoms with Gasteiger partial charge < -0.3 is 0 Å². The molecule has 0 saturated heterocycles. The molecule has 0 nitrogen and oxygen atoms in total. The molecule has 0 aliphatic heterocycles. The van der Waals surface area contributed by atoms with Gasteiger partial charge in [-0.2, -0.15) is 0 Å². The smallest absolute Gasteiger partial charge is 0.0159 e. The van der Waals surface area contributed by atoms with Crippen LogP contribution in [0.5, 0.6) is 0 Å². The standard InChI is InChI=1S/C30H22/c1-30(2)28-15-20-9-4-3-8-19(20)13-26(28)27-17-24-21(16-29(27)30)14-25-22-10-6-5-7-18(22)11-12-23(24)25/h3-13,15-17H,14H2,1-2H3. The number of benzene rings is 5. The summed E-state index contributed by atoms with van der Waals surface area (Å²) in [7, 11) is 0. The van der Waals surface area contributed by atoms with E-state index in [0.29, 0.717) is 0 Å². The molecule has 0 bridgehead atoms. The molecule has 142 valence electrons. The second-order valence-electron chi connectivity index (χ2n) is 9.41. The molecule has 0 unspecified atom stereocenters. The van der Waals surface area contributed by atoms with Gasteiger partial charge in [0, 0.05) is 5.41 Å². The van der Waals surface area contributed by atoms with Gasteiger partial charge in [-0.3, -0.25) is 0 Å². The lowest BCUT2D eigenvalue weighted by Crippen LogP contribution is -2.15. The Morgan fingerprint density at radius 2 is 1.23 bits per heavy atom. The second-order valence-corrected chi connectivity index (χ2v) is 9.41. The molecule has 0 N–H and O–H groups in total. The van der Waals surface area contributed by atoms with Crippen LogP contribution in [-0.2, 0) is 11.8 Å². The van der Waals surface area contributed by atoms with Crippen molar-refractivity contribution in [2.75, 3.05) is 0 Å². The van der Waals surface area contributed by atoms with E-state index in [1.165, 1.54) is 66.1 Å². The lowest BCUT2D eigenvalue weighted by Gasteiger charge is -2.22. The lowest BCUT2D eigenvalue weighted by atomic mass is 9.81. The van der Waals surface area contributed by atoms with Crippen LogP contribution in [0.1, 0.15) is 36.1 Å². The zero-order valence-corrected chi connectivity index (χ0v) is 17.3. The Labute approximate surface area is 176 Å². The Kier molecular flexibility index (Phi) is 2.96. The average molecular weight is 383 g/mol. The monoisotopic (exact) mass is 382 g/mol. The first-order valence-corrected chi connectivity index (χ1v) is 10.8. The van der Waals surface area contributed by atoms with Crippen LogP contribution in [0.4, 0.5) is 0 Å². The summed E-state index contributed by atoms with van der Waals surface area (Å²) < 4.78 is 0. The van der Waals surface area contributed by atoms with Crippen molar-refractivity contribution in [2.45, 2.75) is 25.7 Å². The highest BCUT2D eigenvalue weighted by molar-refractivity contribution is 5.99. The van der Waals surface area contributed by atoms with Crippen LogP contribution in [0.3, 0.4) is 0 Å². The molecular formula is C30H22. The van der Waals surface area contributed by atoms with Crippen molar-refractivity contribution < 1.29 is 0 Å². The maximum absolute atomic E-state index is 2.50. The van der Waals surface area contributed by atoms with E-state index >= 15 is 0 Å². The van der Waals surface area contributed by atoms with Crippen molar-refractivity contribution in [3.05, 3.63) is 107 Å². The highest BCUT2D eigenvalue weighted by Crippen LogP contribution is 2.53. The van der Waals surface area contributed by atoms with E-state index in [1.807, 2.05) is 0 Å². The van der Waals surface area contributed by atoms with Gasteiger partial charge in [0.05, 0.1) is 0 Å². The van der Waals surface area contributed by atoms with Gasteiger partial charge >= 0.3 is 0 Å². The Bertz CT molecular complexity index is 1530. The van der Waals surface area contributed by atoms with Crippen LogP contribution < -0.4 is 0 Å². The summed E-state index contributed by atoms with van der Waals surface area (Å²) in [4.78, 5) is 0. The van der Waals surface area contributed by atoms with Crippen LogP contribution in [0.15, 0.2) is 84.9 Å². The SMILES string of the molecule is CC1(C)c2cc3c(cc2-c2cc4ccccc4cc21)-c1ccc2ccccc2c1C3. The van der Waals surface area contributed by atoms with E-state index in [1.54, 1.807) is 0 Å². The predicted molar refractivity (Wildman–Crippen MR) is 127 cm³/mol. The van der Waals surface area contributed by atoms with Gasteiger partial charge in [0.1, 0.15) is 0 Å². The summed E-state index contributed by atoms with van der Waals surface area (Å²) in [5.74, 6) is 0. The molecule has 2 aliphatic rings. The van der Waals surface area contributed by atoms with Crippen LogP contribution >= 0.6 is 0 Å². The maximum atomic E-state index is 2.50. The molecule has 30 heavy (non-hydrogen) atoms. The average Bonchev–Trinajstić information content (AvgIpc) is 3.24. The fraction of sp³-hybridized carbons (Fsp3) is 0.133. The molecular weight excluding hydrogens is 360 g/mol. The topological polar surface area (TPSA) is 0 Å². The summed E-state index contributed by atoms with van der Waals surface area (Å²) in [5, 5.41) is 5.40. The molecule has 0 atom stereocenters. The molecule has 0 radical (unpaired) electrons. The Hall–Kier alpha value is -3.38. The minimum absolute atomic E-state index is 0.0283. The second kappa shape index (κ2) is 5.40. The third-order valence-corrected chi connectivity index (χ3v) is 7.46. The van der Waals surface area contributed by atoms with Crippen LogP contribution in [0, 0.1) is 0 Å². The van der Waals surface area contributed by atoms with Gasteiger partial charge in [0.25, 0.3) is 0 Å². The summed E-state index contributed by atoms with van der Waals surface area (Å²) >= 11 is 0. The first kappa shape index (κ1) is 16.4. The molecule has 0 spiro atoms. The van der Waals surface area contributed by atoms with Gasteiger partial charge in [-0.15, -0.1) is 0 Å². The quantitative estimate of drug-likeness (QED) is 0.251. The van der Waals surface area contributed by atoms with E-state index in [-0.39, 0.29) is 5.41 Å². The lowest BCUT2D eigenvalue weighted by molar-refractivity contribution is 0.660. The maximum Gasteiger partial charge on any atom is 0.0159 e. The molecule has 0 amide bonds. The van der Waals surface area contributed by atoms with E-state index in [9.17, 15) is 0 Å². The minimum atomic E-state index is 0.0283. The van der Waals surface area contributed by atoms with Crippen molar-refractivity contribution >= 4 is 21.5 Å². The normalized spacial score (nSPS) is 15.1. The first-order valence-electron chi connectivity index (χ1n) is 10.8. The van der Waals surface area contributed by atoms with Crippen LogP contribution in [0.25, 0.3) is 43.8 Å². The van der Waals surface area contributed by atoms with Gasteiger partial charge in [-0.1, -0.05) is 80.6 Å². The molecule has 0 aromatic heterocycles. The minimum Gasteiger partial charge on any atom is -0.0616 e. The van der Waals surface area contributed by atoms with E-state index in [4.69, 9.17) is 0 Å². The molecule has 5 aromatic carbocycles. The molecule has 2 aliphatic carbocycles. The van der Waals surface area contributed by atoms with E-state index < -0.39 is 0 Å². The summed E-state index contributed by atoms with van der Waals surface area (Å²) in [6.45, 7) is 4.77. The number of fused-ring (bicyclic) bond motifs is 9. The zero-order chi connectivity index (χ0) is 20.0. The van der Waals surface area contributed by atoms with E-state index in [0.717, 1.165) is 6.42 Å². The Morgan fingerprint density at radius 1 is 0.567 bits per heavy atom. The molecule has 0 heterocycles. The zero-order valence-electron chi connectivity index (χ0n) is 17.3. The fourth-order valence-electron chi connectivity index (χ4n) is 5.88.